The molecule has 3 aliphatic rings. The van der Waals surface area contributed by atoms with E-state index in [1.54, 1.807) is 13.0 Å². The molecular weight excluding hydrogens is 371 g/mol. The molecule has 0 radical (unpaired) electrons. The normalized spacial score (nSPS) is 26.5. The topological polar surface area (TPSA) is 65.8 Å². The zero-order chi connectivity index (χ0) is 20.1. The van der Waals surface area contributed by atoms with Crippen LogP contribution in [0.4, 0.5) is 19.0 Å². The number of hydrogen-bond donors (Lipinski definition) is 1. The van der Waals surface area contributed by atoms with Crippen molar-refractivity contribution in [3.63, 3.8) is 0 Å². The maximum atomic E-state index is 12.9. The highest BCUT2D eigenvalue weighted by molar-refractivity contribution is 6.08. The smallest absolute Gasteiger partial charge is 0.385 e. The van der Waals surface area contributed by atoms with Gasteiger partial charge in [-0.25, -0.2) is 4.98 Å². The van der Waals surface area contributed by atoms with Gasteiger partial charge in [-0.05, 0) is 37.5 Å². The molecule has 28 heavy (non-hydrogen) atoms. The number of carbonyl (C=O) groups excluding carboxylic acids is 1. The number of Topliss-reactive ketones (excluding diaryl/α,β-unsaturated/α-hetero) is 1. The van der Waals surface area contributed by atoms with Crippen LogP contribution >= 0.6 is 0 Å². The van der Waals surface area contributed by atoms with Gasteiger partial charge >= 0.3 is 6.18 Å². The highest BCUT2D eigenvalue weighted by Gasteiger charge is 2.43. The summed E-state index contributed by atoms with van der Waals surface area (Å²) in [5.41, 5.74) is 0.551. The molecule has 4 rings (SSSR count). The van der Waals surface area contributed by atoms with Crippen molar-refractivity contribution in [2.75, 3.05) is 24.5 Å². The number of aromatic nitrogens is 1. The molecule has 1 atom stereocenters. The van der Waals surface area contributed by atoms with E-state index in [9.17, 15) is 23.1 Å². The Balaban J connectivity index is 1.48. The second-order valence-corrected chi connectivity index (χ2v) is 7.99. The Morgan fingerprint density at radius 2 is 1.96 bits per heavy atom. The fourth-order valence-electron chi connectivity index (χ4n) is 4.57. The molecule has 0 bridgehead atoms. The van der Waals surface area contributed by atoms with Gasteiger partial charge in [0.1, 0.15) is 17.3 Å². The monoisotopic (exact) mass is 393 g/mol. The minimum atomic E-state index is -4.46. The average molecular weight is 393 g/mol. The van der Waals surface area contributed by atoms with Crippen LogP contribution in [0.15, 0.2) is 34.3 Å². The van der Waals surface area contributed by atoms with Crippen LogP contribution in [0.5, 0.6) is 0 Å². The molecule has 8 heteroatoms. The first kappa shape index (κ1) is 19.1. The molecule has 1 aliphatic carbocycles. The number of halogens is 3. The van der Waals surface area contributed by atoms with Gasteiger partial charge in [0.25, 0.3) is 0 Å². The van der Waals surface area contributed by atoms with Crippen molar-refractivity contribution in [2.45, 2.75) is 44.4 Å². The SMILES string of the molecule is CC1(O)CC(=O)CC2=C1C(C1CCN(c3cccc(C(F)(F)F)n3)CC1)=NC2. The van der Waals surface area contributed by atoms with Gasteiger partial charge in [-0.15, -0.1) is 0 Å². The molecule has 150 valence electrons. The fraction of sp³-hybridized carbons (Fsp3) is 0.550. The minimum absolute atomic E-state index is 0.0330. The molecule has 0 amide bonds. The zero-order valence-corrected chi connectivity index (χ0v) is 15.6. The lowest BCUT2D eigenvalue weighted by Crippen LogP contribution is -2.42. The number of aliphatic hydroxyl groups is 1. The van der Waals surface area contributed by atoms with E-state index in [2.05, 4.69) is 9.98 Å². The Kier molecular flexibility index (Phi) is 4.56. The molecule has 1 aromatic rings. The van der Waals surface area contributed by atoms with Gasteiger partial charge < -0.3 is 10.0 Å². The van der Waals surface area contributed by atoms with Crippen molar-refractivity contribution in [2.24, 2.45) is 10.9 Å². The maximum Gasteiger partial charge on any atom is 0.433 e. The van der Waals surface area contributed by atoms with Gasteiger partial charge in [-0.3, -0.25) is 9.79 Å². The molecule has 1 aromatic heterocycles. The lowest BCUT2D eigenvalue weighted by Gasteiger charge is -2.37. The summed E-state index contributed by atoms with van der Waals surface area (Å²) >= 11 is 0. The number of alkyl halides is 3. The van der Waals surface area contributed by atoms with Gasteiger partial charge in [0, 0.05) is 43.1 Å². The molecule has 1 fully saturated rings. The highest BCUT2D eigenvalue weighted by atomic mass is 19.4. The number of carbonyl (C=O) groups is 1. The summed E-state index contributed by atoms with van der Waals surface area (Å²) in [6, 6.07) is 3.95. The van der Waals surface area contributed by atoms with Gasteiger partial charge in [-0.2, -0.15) is 13.2 Å². The van der Waals surface area contributed by atoms with E-state index in [4.69, 9.17) is 0 Å². The molecule has 2 aliphatic heterocycles. The van der Waals surface area contributed by atoms with E-state index in [1.807, 2.05) is 4.90 Å². The van der Waals surface area contributed by atoms with Gasteiger partial charge in [0.15, 0.2) is 0 Å². The lowest BCUT2D eigenvalue weighted by molar-refractivity contribution is -0.141. The number of piperidine rings is 1. The summed E-state index contributed by atoms with van der Waals surface area (Å²) in [6.45, 7) is 3.27. The van der Waals surface area contributed by atoms with E-state index < -0.39 is 17.5 Å². The largest absolute Gasteiger partial charge is 0.433 e. The van der Waals surface area contributed by atoms with E-state index >= 15 is 0 Å². The third-order valence-corrected chi connectivity index (χ3v) is 5.77. The first-order chi connectivity index (χ1) is 13.1. The Labute approximate surface area is 161 Å². The summed E-state index contributed by atoms with van der Waals surface area (Å²) in [5.74, 6) is 0.497. The Morgan fingerprint density at radius 3 is 2.64 bits per heavy atom. The Hall–Kier alpha value is -2.22. The molecule has 3 heterocycles. The van der Waals surface area contributed by atoms with Crippen molar-refractivity contribution in [1.29, 1.82) is 0 Å². The maximum absolute atomic E-state index is 12.9. The average Bonchev–Trinajstić information content (AvgIpc) is 3.05. The van der Waals surface area contributed by atoms with Crippen molar-refractivity contribution in [3.8, 4) is 0 Å². The number of rotatable bonds is 2. The van der Waals surface area contributed by atoms with Crippen LogP contribution in [0, 0.1) is 5.92 Å². The van der Waals surface area contributed by atoms with Gasteiger partial charge in [0.2, 0.25) is 0 Å². The molecule has 1 saturated heterocycles. The third kappa shape index (κ3) is 3.45. The highest BCUT2D eigenvalue weighted by Crippen LogP contribution is 2.40. The number of ketones is 1. The van der Waals surface area contributed by atoms with Crippen molar-refractivity contribution in [3.05, 3.63) is 35.0 Å². The molecule has 5 nitrogen and oxygen atoms in total. The van der Waals surface area contributed by atoms with Crippen LogP contribution in [-0.4, -0.2) is 46.8 Å². The summed E-state index contributed by atoms with van der Waals surface area (Å²) in [4.78, 5) is 22.1. The second kappa shape index (κ2) is 6.69. The van der Waals surface area contributed by atoms with Crippen molar-refractivity contribution in [1.82, 2.24) is 4.98 Å². The first-order valence-corrected chi connectivity index (χ1v) is 9.45. The number of aliphatic imine (C=N–C) groups is 1. The minimum Gasteiger partial charge on any atom is -0.385 e. The first-order valence-electron chi connectivity index (χ1n) is 9.45. The van der Waals surface area contributed by atoms with E-state index in [0.29, 0.717) is 31.9 Å². The van der Waals surface area contributed by atoms with Crippen LogP contribution in [0.1, 0.15) is 38.3 Å². The summed E-state index contributed by atoms with van der Waals surface area (Å²) in [5, 5.41) is 10.8. The van der Waals surface area contributed by atoms with Gasteiger partial charge in [-0.1, -0.05) is 6.07 Å². The van der Waals surface area contributed by atoms with E-state index in [-0.39, 0.29) is 18.1 Å². The summed E-state index contributed by atoms with van der Waals surface area (Å²) in [7, 11) is 0. The summed E-state index contributed by atoms with van der Waals surface area (Å²) in [6.07, 6.45) is -2.56. The molecular formula is C20H22F3N3O2. The number of anilines is 1. The van der Waals surface area contributed by atoms with Crippen LogP contribution in [0.2, 0.25) is 0 Å². The zero-order valence-electron chi connectivity index (χ0n) is 15.6. The Morgan fingerprint density at radius 1 is 1.25 bits per heavy atom. The number of nitrogens with zero attached hydrogens (tertiary/aromatic N) is 3. The van der Waals surface area contributed by atoms with E-state index in [1.165, 1.54) is 6.07 Å². The molecule has 0 saturated carbocycles. The van der Waals surface area contributed by atoms with E-state index in [0.717, 1.165) is 35.8 Å². The Bertz CT molecular complexity index is 866. The predicted molar refractivity (Wildman–Crippen MR) is 98.4 cm³/mol. The fourth-order valence-corrected chi connectivity index (χ4v) is 4.57. The second-order valence-electron chi connectivity index (χ2n) is 7.99. The van der Waals surface area contributed by atoms with Crippen LogP contribution < -0.4 is 4.90 Å². The number of pyridine rings is 1. The molecule has 0 aromatic carbocycles. The van der Waals surface area contributed by atoms with Crippen molar-refractivity contribution < 1.29 is 23.1 Å². The molecule has 1 N–H and O–H groups in total. The van der Waals surface area contributed by atoms with Crippen LogP contribution in [-0.2, 0) is 11.0 Å². The lowest BCUT2D eigenvalue weighted by atomic mass is 9.74. The molecule has 0 spiro atoms. The molecule has 1 unspecified atom stereocenters. The quantitative estimate of drug-likeness (QED) is 0.838. The van der Waals surface area contributed by atoms with Crippen LogP contribution in [0.25, 0.3) is 0 Å². The van der Waals surface area contributed by atoms with Crippen molar-refractivity contribution >= 4 is 17.3 Å². The summed E-state index contributed by atoms with van der Waals surface area (Å²) < 4.78 is 38.7. The third-order valence-electron chi connectivity index (χ3n) is 5.77. The standard InChI is InChI=1S/C20H22F3N3O2/c1-19(28)10-14(27)9-13-11-24-18(17(13)19)12-5-7-26(8-6-12)16-4-2-3-15(25-16)20(21,22)23/h2-4,12,28H,5-11H2,1H3. The van der Waals surface area contributed by atoms with Gasteiger partial charge in [0.05, 0.1) is 12.1 Å². The number of hydrogen-bond acceptors (Lipinski definition) is 5. The van der Waals surface area contributed by atoms with Crippen LogP contribution in [0.3, 0.4) is 0 Å². The predicted octanol–water partition coefficient (Wildman–Crippen LogP) is 3.18.